The molecule has 0 radical (unpaired) electrons. The van der Waals surface area contributed by atoms with Gasteiger partial charge in [0.1, 0.15) is 0 Å². The molecule has 1 aromatic carbocycles. The van der Waals surface area contributed by atoms with Crippen molar-refractivity contribution in [2.24, 2.45) is 0 Å². The molecule has 23 heavy (non-hydrogen) atoms. The zero-order valence-electron chi connectivity index (χ0n) is 12.4. The third-order valence-electron chi connectivity index (χ3n) is 3.33. The predicted molar refractivity (Wildman–Crippen MR) is 81.1 cm³/mol. The lowest BCUT2D eigenvalue weighted by Crippen LogP contribution is -2.49. The van der Waals surface area contributed by atoms with Gasteiger partial charge in [-0.3, -0.25) is 24.6 Å². The van der Waals surface area contributed by atoms with Gasteiger partial charge < -0.3 is 10.4 Å². The van der Waals surface area contributed by atoms with Gasteiger partial charge in [0, 0.05) is 37.2 Å². The molecular weight excluding hydrogens is 302 g/mol. The topological polar surface area (TPSA) is 116 Å². The van der Waals surface area contributed by atoms with E-state index >= 15 is 0 Å². The molecule has 1 aromatic rings. The Labute approximate surface area is 132 Å². The van der Waals surface area contributed by atoms with E-state index in [0.29, 0.717) is 17.7 Å². The minimum absolute atomic E-state index is 0.0116. The summed E-state index contributed by atoms with van der Waals surface area (Å²) in [6, 6.07) is 5.97. The molecule has 0 spiro atoms. The monoisotopic (exact) mass is 319 g/mol. The van der Waals surface area contributed by atoms with Crippen molar-refractivity contribution in [3.8, 4) is 0 Å². The second kappa shape index (κ2) is 7.39. The summed E-state index contributed by atoms with van der Waals surface area (Å²) in [5.41, 5.74) is 0.885. The lowest BCUT2D eigenvalue weighted by molar-refractivity contribution is -0.137. The second-order valence-electron chi connectivity index (χ2n) is 5.06. The van der Waals surface area contributed by atoms with Gasteiger partial charge in [-0.15, -0.1) is 0 Å². The highest BCUT2D eigenvalue weighted by atomic mass is 16.4. The van der Waals surface area contributed by atoms with E-state index in [-0.39, 0.29) is 37.7 Å². The summed E-state index contributed by atoms with van der Waals surface area (Å²) in [5, 5.41) is 13.4. The van der Waals surface area contributed by atoms with E-state index in [0.717, 1.165) is 0 Å². The van der Waals surface area contributed by atoms with Gasteiger partial charge in [0.2, 0.25) is 5.91 Å². The van der Waals surface area contributed by atoms with Crippen LogP contribution in [0.5, 0.6) is 0 Å². The molecule has 2 rings (SSSR count). The third kappa shape index (κ3) is 4.53. The van der Waals surface area contributed by atoms with Crippen molar-refractivity contribution in [1.82, 2.24) is 10.6 Å². The first kappa shape index (κ1) is 16.5. The summed E-state index contributed by atoms with van der Waals surface area (Å²) < 4.78 is 0. The van der Waals surface area contributed by atoms with E-state index in [1.807, 2.05) is 0 Å². The Hall–Kier alpha value is -2.90. The second-order valence-corrected chi connectivity index (χ2v) is 5.06. The van der Waals surface area contributed by atoms with Crippen LogP contribution in [0.4, 0.5) is 10.5 Å². The van der Waals surface area contributed by atoms with Crippen LogP contribution in [0.1, 0.15) is 29.6 Å². The van der Waals surface area contributed by atoms with Crippen molar-refractivity contribution < 1.29 is 24.3 Å². The summed E-state index contributed by atoms with van der Waals surface area (Å²) in [5.74, 6) is -1.57. The SMILES string of the molecule is O=C(O)CCCNC(=O)c1cccc(N2CCC(=O)NC2=O)c1. The normalized spacial score (nSPS) is 14.3. The van der Waals surface area contributed by atoms with Gasteiger partial charge in [0.25, 0.3) is 5.91 Å². The number of amides is 4. The maximum atomic E-state index is 12.0. The maximum Gasteiger partial charge on any atom is 0.328 e. The summed E-state index contributed by atoms with van der Waals surface area (Å²) in [4.78, 5) is 46.8. The van der Waals surface area contributed by atoms with E-state index in [4.69, 9.17) is 5.11 Å². The molecule has 1 aliphatic heterocycles. The third-order valence-corrected chi connectivity index (χ3v) is 3.33. The van der Waals surface area contributed by atoms with Crippen LogP contribution in [0.15, 0.2) is 24.3 Å². The number of urea groups is 1. The minimum atomic E-state index is -0.910. The number of carboxylic acids is 1. The first-order chi connectivity index (χ1) is 11.0. The lowest BCUT2D eigenvalue weighted by atomic mass is 10.1. The largest absolute Gasteiger partial charge is 0.481 e. The van der Waals surface area contributed by atoms with Crippen LogP contribution >= 0.6 is 0 Å². The number of anilines is 1. The fourth-order valence-electron chi connectivity index (χ4n) is 2.17. The van der Waals surface area contributed by atoms with E-state index in [2.05, 4.69) is 10.6 Å². The van der Waals surface area contributed by atoms with E-state index < -0.39 is 12.0 Å². The van der Waals surface area contributed by atoms with Crippen LogP contribution in [0.2, 0.25) is 0 Å². The molecule has 1 saturated heterocycles. The molecule has 122 valence electrons. The van der Waals surface area contributed by atoms with Crippen LogP contribution in [0.3, 0.4) is 0 Å². The molecule has 0 bridgehead atoms. The fraction of sp³-hybridized carbons (Fsp3) is 0.333. The Bertz CT molecular complexity index is 644. The Morgan fingerprint density at radius 2 is 2.09 bits per heavy atom. The molecule has 3 N–H and O–H groups in total. The van der Waals surface area contributed by atoms with Gasteiger partial charge in [0.05, 0.1) is 0 Å². The minimum Gasteiger partial charge on any atom is -0.481 e. The van der Waals surface area contributed by atoms with Crippen LogP contribution in [0.25, 0.3) is 0 Å². The molecule has 0 unspecified atom stereocenters. The number of benzene rings is 1. The quantitative estimate of drug-likeness (QED) is 0.668. The van der Waals surface area contributed by atoms with Gasteiger partial charge in [0.15, 0.2) is 0 Å². The van der Waals surface area contributed by atoms with Gasteiger partial charge in [-0.25, -0.2) is 4.79 Å². The van der Waals surface area contributed by atoms with Crippen molar-refractivity contribution in [2.45, 2.75) is 19.3 Å². The summed E-state index contributed by atoms with van der Waals surface area (Å²) in [7, 11) is 0. The lowest BCUT2D eigenvalue weighted by Gasteiger charge is -2.26. The molecule has 1 aliphatic rings. The smallest absolute Gasteiger partial charge is 0.328 e. The summed E-state index contributed by atoms with van der Waals surface area (Å²) >= 11 is 0. The van der Waals surface area contributed by atoms with Crippen molar-refractivity contribution in [1.29, 1.82) is 0 Å². The molecule has 0 atom stereocenters. The molecule has 8 nitrogen and oxygen atoms in total. The van der Waals surface area contributed by atoms with Gasteiger partial charge in [-0.1, -0.05) is 6.07 Å². The zero-order chi connectivity index (χ0) is 16.8. The number of carbonyl (C=O) groups excluding carboxylic acids is 3. The van der Waals surface area contributed by atoms with Crippen LogP contribution in [0, 0.1) is 0 Å². The van der Waals surface area contributed by atoms with Crippen LogP contribution in [-0.2, 0) is 9.59 Å². The van der Waals surface area contributed by atoms with E-state index in [1.165, 1.54) is 4.90 Å². The Morgan fingerprint density at radius 1 is 1.30 bits per heavy atom. The number of hydrogen-bond acceptors (Lipinski definition) is 4. The highest BCUT2D eigenvalue weighted by Crippen LogP contribution is 2.18. The molecule has 4 amide bonds. The molecule has 1 heterocycles. The number of nitrogens with zero attached hydrogens (tertiary/aromatic N) is 1. The average Bonchev–Trinajstić information content (AvgIpc) is 2.51. The van der Waals surface area contributed by atoms with Crippen molar-refractivity contribution in [3.05, 3.63) is 29.8 Å². The average molecular weight is 319 g/mol. The molecule has 0 aromatic heterocycles. The van der Waals surface area contributed by atoms with E-state index in [9.17, 15) is 19.2 Å². The first-order valence-corrected chi connectivity index (χ1v) is 7.19. The highest BCUT2D eigenvalue weighted by molar-refractivity contribution is 6.06. The van der Waals surface area contributed by atoms with Crippen LogP contribution < -0.4 is 15.5 Å². The van der Waals surface area contributed by atoms with E-state index in [1.54, 1.807) is 24.3 Å². The molecule has 8 heteroatoms. The number of hydrogen-bond donors (Lipinski definition) is 3. The number of imide groups is 1. The number of nitrogens with one attached hydrogen (secondary N) is 2. The standard InChI is InChI=1S/C15H17N3O5/c19-12-6-8-18(15(23)17-12)11-4-1-3-10(9-11)14(22)16-7-2-5-13(20)21/h1,3-4,9H,2,5-8H2,(H,16,22)(H,20,21)(H,17,19,23). The fourth-order valence-corrected chi connectivity index (χ4v) is 2.17. The molecular formula is C15H17N3O5. The van der Waals surface area contributed by atoms with Crippen molar-refractivity contribution >= 4 is 29.5 Å². The predicted octanol–water partition coefficient (Wildman–Crippen LogP) is 0.727. The Morgan fingerprint density at radius 3 is 2.78 bits per heavy atom. The summed E-state index contributed by atoms with van der Waals surface area (Å²) in [6.45, 7) is 0.516. The van der Waals surface area contributed by atoms with Crippen molar-refractivity contribution in [2.75, 3.05) is 18.0 Å². The number of rotatable bonds is 6. The number of carbonyl (C=O) groups is 4. The zero-order valence-corrected chi connectivity index (χ0v) is 12.4. The molecule has 1 fully saturated rings. The van der Waals surface area contributed by atoms with Gasteiger partial charge in [-0.05, 0) is 24.6 Å². The van der Waals surface area contributed by atoms with Crippen molar-refractivity contribution in [3.63, 3.8) is 0 Å². The first-order valence-electron chi connectivity index (χ1n) is 7.19. The molecule has 0 saturated carbocycles. The van der Waals surface area contributed by atoms with Gasteiger partial charge >= 0.3 is 12.0 Å². The Kier molecular flexibility index (Phi) is 5.29. The summed E-state index contributed by atoms with van der Waals surface area (Å²) in [6.07, 6.45) is 0.539. The van der Waals surface area contributed by atoms with Crippen LogP contribution in [-0.4, -0.2) is 42.0 Å². The number of aliphatic carboxylic acids is 1. The highest BCUT2D eigenvalue weighted by Gasteiger charge is 2.24. The molecule has 0 aliphatic carbocycles. The van der Waals surface area contributed by atoms with Gasteiger partial charge in [-0.2, -0.15) is 0 Å². The Balaban J connectivity index is 1.99. The number of carboxylic acid groups (broad SMARTS) is 1. The maximum absolute atomic E-state index is 12.0.